The zero-order valence-electron chi connectivity index (χ0n) is 9.64. The van der Waals surface area contributed by atoms with Gasteiger partial charge in [-0.1, -0.05) is 25.1 Å². The number of furan rings is 1. The minimum absolute atomic E-state index is 0.0529. The molecular formula is C13H15NO3. The zero-order valence-corrected chi connectivity index (χ0v) is 9.64. The molecule has 1 aromatic carbocycles. The lowest BCUT2D eigenvalue weighted by atomic mass is 10.1. The van der Waals surface area contributed by atoms with E-state index in [1.807, 2.05) is 31.2 Å². The second-order valence-corrected chi connectivity index (χ2v) is 4.14. The second-order valence-electron chi connectivity index (χ2n) is 4.14. The molecule has 0 bridgehead atoms. The predicted molar refractivity (Wildman–Crippen MR) is 64.8 cm³/mol. The van der Waals surface area contributed by atoms with Gasteiger partial charge >= 0.3 is 0 Å². The first-order valence-corrected chi connectivity index (χ1v) is 5.57. The highest BCUT2D eigenvalue weighted by Gasteiger charge is 2.13. The van der Waals surface area contributed by atoms with Gasteiger partial charge in [0.2, 0.25) is 0 Å². The Morgan fingerprint density at radius 1 is 1.47 bits per heavy atom. The van der Waals surface area contributed by atoms with E-state index in [9.17, 15) is 4.79 Å². The number of fused-ring (bicyclic) bond motifs is 1. The molecular weight excluding hydrogens is 218 g/mol. The SMILES string of the molecule is CC(CO)CNC(=O)c1coc2ccccc12. The van der Waals surface area contributed by atoms with Gasteiger partial charge in [-0.15, -0.1) is 0 Å². The Bertz CT molecular complexity index is 518. The van der Waals surface area contributed by atoms with Gasteiger partial charge in [-0.2, -0.15) is 0 Å². The molecule has 17 heavy (non-hydrogen) atoms. The largest absolute Gasteiger partial charge is 0.463 e. The molecule has 0 aliphatic rings. The number of amides is 1. The van der Waals surface area contributed by atoms with E-state index < -0.39 is 0 Å². The van der Waals surface area contributed by atoms with Gasteiger partial charge in [-0.05, 0) is 12.0 Å². The fourth-order valence-electron chi connectivity index (χ4n) is 1.58. The third kappa shape index (κ3) is 2.47. The fourth-order valence-corrected chi connectivity index (χ4v) is 1.58. The molecule has 0 fully saturated rings. The summed E-state index contributed by atoms with van der Waals surface area (Å²) in [7, 11) is 0. The monoisotopic (exact) mass is 233 g/mol. The minimum Gasteiger partial charge on any atom is -0.463 e. The van der Waals surface area contributed by atoms with Crippen LogP contribution in [0.1, 0.15) is 17.3 Å². The first-order chi connectivity index (χ1) is 8.22. The Morgan fingerprint density at radius 3 is 3.00 bits per heavy atom. The van der Waals surface area contributed by atoms with Crippen LogP contribution in [0.3, 0.4) is 0 Å². The average molecular weight is 233 g/mol. The van der Waals surface area contributed by atoms with E-state index in [1.165, 1.54) is 6.26 Å². The Balaban J connectivity index is 2.14. The summed E-state index contributed by atoms with van der Waals surface area (Å²) in [5.74, 6) is -0.118. The van der Waals surface area contributed by atoms with Gasteiger partial charge < -0.3 is 14.8 Å². The van der Waals surface area contributed by atoms with Crippen molar-refractivity contribution in [2.24, 2.45) is 5.92 Å². The molecule has 1 atom stereocenters. The Kier molecular flexibility index (Phi) is 3.44. The van der Waals surface area contributed by atoms with E-state index in [0.717, 1.165) is 5.39 Å². The first-order valence-electron chi connectivity index (χ1n) is 5.57. The second kappa shape index (κ2) is 5.01. The van der Waals surface area contributed by atoms with Crippen molar-refractivity contribution in [2.45, 2.75) is 6.92 Å². The van der Waals surface area contributed by atoms with Gasteiger partial charge in [0.1, 0.15) is 11.8 Å². The van der Waals surface area contributed by atoms with Gasteiger partial charge in [-0.3, -0.25) is 4.79 Å². The number of hydrogen-bond acceptors (Lipinski definition) is 3. The van der Waals surface area contributed by atoms with E-state index in [4.69, 9.17) is 9.52 Å². The molecule has 1 aromatic heterocycles. The maximum atomic E-state index is 11.9. The van der Waals surface area contributed by atoms with E-state index >= 15 is 0 Å². The Labute approximate surface area is 99.2 Å². The molecule has 0 aliphatic carbocycles. The molecule has 0 radical (unpaired) electrons. The molecule has 2 N–H and O–H groups in total. The third-order valence-corrected chi connectivity index (χ3v) is 2.65. The lowest BCUT2D eigenvalue weighted by Gasteiger charge is -2.08. The van der Waals surface area contributed by atoms with E-state index in [1.54, 1.807) is 0 Å². The predicted octanol–water partition coefficient (Wildman–Crippen LogP) is 1.79. The fraction of sp³-hybridized carbons (Fsp3) is 0.308. The van der Waals surface area contributed by atoms with Gasteiger partial charge in [-0.25, -0.2) is 0 Å². The van der Waals surface area contributed by atoms with Gasteiger partial charge in [0.05, 0.1) is 5.56 Å². The molecule has 1 amide bonds. The number of aliphatic hydroxyl groups is 1. The number of benzene rings is 1. The molecule has 0 saturated heterocycles. The van der Waals surface area contributed by atoms with E-state index in [2.05, 4.69) is 5.32 Å². The lowest BCUT2D eigenvalue weighted by molar-refractivity contribution is 0.0943. The maximum absolute atomic E-state index is 11.9. The van der Waals surface area contributed by atoms with E-state index in [-0.39, 0.29) is 18.4 Å². The molecule has 0 aliphatic heterocycles. The summed E-state index contributed by atoms with van der Waals surface area (Å²) >= 11 is 0. The number of carbonyl (C=O) groups excluding carboxylic acids is 1. The molecule has 1 unspecified atom stereocenters. The van der Waals surface area contributed by atoms with Crippen molar-refractivity contribution in [1.82, 2.24) is 5.32 Å². The maximum Gasteiger partial charge on any atom is 0.255 e. The topological polar surface area (TPSA) is 62.5 Å². The van der Waals surface area contributed by atoms with Crippen molar-refractivity contribution in [2.75, 3.05) is 13.2 Å². The number of carbonyl (C=O) groups is 1. The number of nitrogens with one attached hydrogen (secondary N) is 1. The van der Waals surface area contributed by atoms with Crippen LogP contribution in [0.4, 0.5) is 0 Å². The summed E-state index contributed by atoms with van der Waals surface area (Å²) < 4.78 is 5.29. The highest BCUT2D eigenvalue weighted by molar-refractivity contribution is 6.05. The first kappa shape index (κ1) is 11.7. The van der Waals surface area contributed by atoms with Crippen molar-refractivity contribution < 1.29 is 14.3 Å². The Morgan fingerprint density at radius 2 is 2.24 bits per heavy atom. The number of rotatable bonds is 4. The third-order valence-electron chi connectivity index (χ3n) is 2.65. The van der Waals surface area contributed by atoms with Crippen LogP contribution in [0.5, 0.6) is 0 Å². The van der Waals surface area contributed by atoms with Gasteiger partial charge in [0, 0.05) is 18.5 Å². The molecule has 0 saturated carbocycles. The van der Waals surface area contributed by atoms with Gasteiger partial charge in [0.15, 0.2) is 0 Å². The summed E-state index contributed by atoms with van der Waals surface area (Å²) in [5, 5.41) is 12.5. The van der Waals surface area contributed by atoms with Crippen LogP contribution in [0.15, 0.2) is 34.9 Å². The summed E-state index contributed by atoms with van der Waals surface area (Å²) in [6, 6.07) is 7.40. The van der Waals surface area contributed by atoms with Crippen LogP contribution in [-0.4, -0.2) is 24.2 Å². The summed E-state index contributed by atoms with van der Waals surface area (Å²) in [6.07, 6.45) is 1.46. The molecule has 0 spiro atoms. The zero-order chi connectivity index (χ0) is 12.3. The molecule has 4 nitrogen and oxygen atoms in total. The van der Waals surface area contributed by atoms with E-state index in [0.29, 0.717) is 17.7 Å². The summed E-state index contributed by atoms with van der Waals surface area (Å²) in [5.41, 5.74) is 1.23. The van der Waals surface area contributed by atoms with Crippen molar-refractivity contribution in [1.29, 1.82) is 0 Å². The quantitative estimate of drug-likeness (QED) is 0.846. The van der Waals surface area contributed by atoms with Crippen LogP contribution in [0, 0.1) is 5.92 Å². The smallest absolute Gasteiger partial charge is 0.255 e. The Hall–Kier alpha value is -1.81. The van der Waals surface area contributed by atoms with Crippen LogP contribution in [0.2, 0.25) is 0 Å². The number of aliphatic hydroxyl groups excluding tert-OH is 1. The minimum atomic E-state index is -0.171. The molecule has 4 heteroatoms. The average Bonchev–Trinajstić information content (AvgIpc) is 2.79. The summed E-state index contributed by atoms with van der Waals surface area (Å²) in [4.78, 5) is 11.9. The van der Waals surface area contributed by atoms with Crippen LogP contribution < -0.4 is 5.32 Å². The van der Waals surface area contributed by atoms with Crippen LogP contribution >= 0.6 is 0 Å². The van der Waals surface area contributed by atoms with Crippen LogP contribution in [0.25, 0.3) is 11.0 Å². The number of para-hydroxylation sites is 1. The van der Waals surface area contributed by atoms with Crippen molar-refractivity contribution in [3.63, 3.8) is 0 Å². The van der Waals surface area contributed by atoms with Gasteiger partial charge in [0.25, 0.3) is 5.91 Å². The normalized spacial score (nSPS) is 12.6. The van der Waals surface area contributed by atoms with Crippen molar-refractivity contribution in [3.05, 3.63) is 36.1 Å². The summed E-state index contributed by atoms with van der Waals surface area (Å²) in [6.45, 7) is 2.38. The van der Waals surface area contributed by atoms with Crippen molar-refractivity contribution in [3.8, 4) is 0 Å². The molecule has 90 valence electrons. The van der Waals surface area contributed by atoms with Crippen LogP contribution in [-0.2, 0) is 0 Å². The molecule has 2 rings (SSSR count). The van der Waals surface area contributed by atoms with Crippen molar-refractivity contribution >= 4 is 16.9 Å². The highest BCUT2D eigenvalue weighted by Crippen LogP contribution is 2.20. The molecule has 1 heterocycles. The highest BCUT2D eigenvalue weighted by atomic mass is 16.3. The molecule has 2 aromatic rings. The standard InChI is InChI=1S/C13H15NO3/c1-9(7-15)6-14-13(16)11-8-17-12-5-3-2-4-10(11)12/h2-5,8-9,15H,6-7H2,1H3,(H,14,16). The number of hydrogen-bond donors (Lipinski definition) is 2. The lowest BCUT2D eigenvalue weighted by Crippen LogP contribution is -2.29.